The number of halogens is 1. The summed E-state index contributed by atoms with van der Waals surface area (Å²) in [6, 6.07) is 9.57. The smallest absolute Gasteiger partial charge is 0.303 e. The second kappa shape index (κ2) is 5.05. The van der Waals surface area contributed by atoms with Crippen LogP contribution in [0.25, 0.3) is 27.8 Å². The van der Waals surface area contributed by atoms with Crippen LogP contribution in [0.15, 0.2) is 30.3 Å². The Morgan fingerprint density at radius 2 is 2.09 bits per heavy atom. The van der Waals surface area contributed by atoms with E-state index in [2.05, 4.69) is 20.2 Å². The number of imidazole rings is 1. The van der Waals surface area contributed by atoms with Gasteiger partial charge in [-0.15, -0.1) is 5.10 Å². The Bertz CT molecular complexity index is 1020. The van der Waals surface area contributed by atoms with Gasteiger partial charge in [0.15, 0.2) is 5.65 Å². The quantitative estimate of drug-likeness (QED) is 0.631. The van der Waals surface area contributed by atoms with E-state index in [0.717, 1.165) is 16.9 Å². The summed E-state index contributed by atoms with van der Waals surface area (Å²) in [6.07, 6.45) is 0. The number of aryl methyl sites for hydroxylation is 1. The minimum absolute atomic E-state index is 0.416. The van der Waals surface area contributed by atoms with Crippen molar-refractivity contribution in [3.63, 3.8) is 0 Å². The molecule has 0 spiro atoms. The molecule has 6 nitrogen and oxygen atoms in total. The lowest BCUT2D eigenvalue weighted by Gasteiger charge is -2.08. The Morgan fingerprint density at radius 3 is 2.91 bits per heavy atom. The third kappa shape index (κ3) is 2.12. The van der Waals surface area contributed by atoms with Crippen molar-refractivity contribution in [3.8, 4) is 11.7 Å². The molecule has 0 radical (unpaired) electrons. The summed E-state index contributed by atoms with van der Waals surface area (Å²) in [5, 5.41) is 6.66. The van der Waals surface area contributed by atoms with E-state index in [9.17, 15) is 4.39 Å². The molecule has 1 N–H and O–H groups in total. The van der Waals surface area contributed by atoms with Crippen molar-refractivity contribution in [1.29, 1.82) is 0 Å². The number of H-pyrrole nitrogens is 1. The van der Waals surface area contributed by atoms with E-state index in [4.69, 9.17) is 4.74 Å². The summed E-state index contributed by atoms with van der Waals surface area (Å²) in [5.41, 5.74) is 3.64. The highest BCUT2D eigenvalue weighted by molar-refractivity contribution is 5.83. The second-order valence-electron chi connectivity index (χ2n) is 5.20. The van der Waals surface area contributed by atoms with Gasteiger partial charge in [0, 0.05) is 5.69 Å². The van der Waals surface area contributed by atoms with Crippen molar-refractivity contribution in [3.05, 3.63) is 42.0 Å². The van der Waals surface area contributed by atoms with Crippen molar-refractivity contribution in [1.82, 2.24) is 24.7 Å². The molecule has 116 valence electrons. The molecule has 0 amide bonds. The Labute approximate surface area is 130 Å². The molecule has 0 bridgehead atoms. The first kappa shape index (κ1) is 13.7. The predicted octanol–water partition coefficient (Wildman–Crippen LogP) is 3.14. The molecule has 0 saturated heterocycles. The van der Waals surface area contributed by atoms with Gasteiger partial charge in [-0.05, 0) is 44.2 Å². The first-order valence-corrected chi connectivity index (χ1v) is 7.30. The lowest BCUT2D eigenvalue weighted by Crippen LogP contribution is -2.02. The molecule has 0 aliphatic heterocycles. The van der Waals surface area contributed by atoms with Crippen molar-refractivity contribution >= 4 is 22.1 Å². The Morgan fingerprint density at radius 1 is 1.22 bits per heavy atom. The molecule has 3 aromatic heterocycles. The van der Waals surface area contributed by atoms with Crippen LogP contribution < -0.4 is 4.74 Å². The van der Waals surface area contributed by atoms with E-state index in [-0.39, 0.29) is 0 Å². The van der Waals surface area contributed by atoms with Crippen LogP contribution in [-0.2, 0) is 0 Å². The van der Waals surface area contributed by atoms with Gasteiger partial charge in [-0.25, -0.2) is 9.55 Å². The number of pyridine rings is 1. The SMILES string of the molecule is CCOc1nc2ccc(C)nc2n1-c1ccc2[nH]nc(F)c2c1. The number of hydrogen-bond acceptors (Lipinski definition) is 4. The zero-order chi connectivity index (χ0) is 16.0. The van der Waals surface area contributed by atoms with E-state index in [1.165, 1.54) is 0 Å². The van der Waals surface area contributed by atoms with E-state index >= 15 is 0 Å². The fraction of sp³-hybridized carbons (Fsp3) is 0.188. The number of fused-ring (bicyclic) bond motifs is 2. The first-order chi connectivity index (χ1) is 11.2. The Kier molecular flexibility index (Phi) is 3.00. The van der Waals surface area contributed by atoms with E-state index < -0.39 is 5.95 Å². The molecule has 4 rings (SSSR count). The molecule has 0 aliphatic carbocycles. The summed E-state index contributed by atoms with van der Waals surface area (Å²) < 4.78 is 21.2. The standard InChI is InChI=1S/C16H14FN5O/c1-3-23-16-19-13-6-4-9(2)18-15(13)22(16)10-5-7-12-11(8-10)14(17)21-20-12/h4-8H,3H2,1-2H3,(H,20,21). The number of aromatic nitrogens is 5. The maximum atomic E-state index is 13.8. The maximum absolute atomic E-state index is 13.8. The van der Waals surface area contributed by atoms with Gasteiger partial charge in [-0.3, -0.25) is 5.10 Å². The molecule has 0 fully saturated rings. The number of ether oxygens (including phenoxy) is 1. The summed E-state index contributed by atoms with van der Waals surface area (Å²) in [4.78, 5) is 9.02. The van der Waals surface area contributed by atoms with Crippen molar-refractivity contribution < 1.29 is 9.13 Å². The average molecular weight is 311 g/mol. The number of aromatic amines is 1. The molecule has 4 aromatic rings. The van der Waals surface area contributed by atoms with Gasteiger partial charge in [-0.2, -0.15) is 9.37 Å². The molecule has 23 heavy (non-hydrogen) atoms. The fourth-order valence-electron chi connectivity index (χ4n) is 2.60. The molecule has 0 unspecified atom stereocenters. The van der Waals surface area contributed by atoms with Gasteiger partial charge in [0.05, 0.1) is 23.2 Å². The molecule has 3 heterocycles. The fourth-order valence-corrected chi connectivity index (χ4v) is 2.60. The van der Waals surface area contributed by atoms with Crippen LogP contribution in [-0.4, -0.2) is 31.3 Å². The second-order valence-corrected chi connectivity index (χ2v) is 5.20. The van der Waals surface area contributed by atoms with Gasteiger partial charge in [0.1, 0.15) is 5.52 Å². The third-order valence-electron chi connectivity index (χ3n) is 3.64. The molecular formula is C16H14FN5O. The molecule has 0 saturated carbocycles. The first-order valence-electron chi connectivity index (χ1n) is 7.30. The average Bonchev–Trinajstić information content (AvgIpc) is 3.08. The van der Waals surface area contributed by atoms with Crippen LogP contribution >= 0.6 is 0 Å². The van der Waals surface area contributed by atoms with Crippen molar-refractivity contribution in [2.75, 3.05) is 6.61 Å². The van der Waals surface area contributed by atoms with E-state index in [1.54, 1.807) is 16.7 Å². The third-order valence-corrected chi connectivity index (χ3v) is 3.64. The van der Waals surface area contributed by atoms with Crippen LogP contribution in [0.1, 0.15) is 12.6 Å². The predicted molar refractivity (Wildman–Crippen MR) is 84.4 cm³/mol. The zero-order valence-corrected chi connectivity index (χ0v) is 12.7. The van der Waals surface area contributed by atoms with Gasteiger partial charge in [0.2, 0.25) is 5.95 Å². The van der Waals surface area contributed by atoms with Crippen LogP contribution in [0, 0.1) is 12.9 Å². The van der Waals surface area contributed by atoms with Crippen molar-refractivity contribution in [2.45, 2.75) is 13.8 Å². The van der Waals surface area contributed by atoms with Crippen LogP contribution in [0.3, 0.4) is 0 Å². The number of hydrogen-bond donors (Lipinski definition) is 1. The summed E-state index contributed by atoms with van der Waals surface area (Å²) in [6.45, 7) is 4.28. The minimum Gasteiger partial charge on any atom is -0.465 e. The number of nitrogens with one attached hydrogen (secondary N) is 1. The van der Waals surface area contributed by atoms with Crippen LogP contribution in [0.2, 0.25) is 0 Å². The monoisotopic (exact) mass is 311 g/mol. The highest BCUT2D eigenvalue weighted by Crippen LogP contribution is 2.27. The lowest BCUT2D eigenvalue weighted by molar-refractivity contribution is 0.309. The zero-order valence-electron chi connectivity index (χ0n) is 12.7. The van der Waals surface area contributed by atoms with Gasteiger partial charge >= 0.3 is 6.01 Å². The lowest BCUT2D eigenvalue weighted by atomic mass is 10.2. The number of nitrogens with zero attached hydrogens (tertiary/aromatic N) is 4. The van der Waals surface area contributed by atoms with Gasteiger partial charge in [0.25, 0.3) is 0 Å². The van der Waals surface area contributed by atoms with E-state index in [1.807, 2.05) is 32.0 Å². The molecule has 1 aromatic carbocycles. The molecule has 0 atom stereocenters. The highest BCUT2D eigenvalue weighted by atomic mass is 19.1. The summed E-state index contributed by atoms with van der Waals surface area (Å²) >= 11 is 0. The minimum atomic E-state index is -0.534. The Balaban J connectivity index is 2.02. The maximum Gasteiger partial charge on any atom is 0.303 e. The van der Waals surface area contributed by atoms with E-state index in [0.29, 0.717) is 29.2 Å². The molecular weight excluding hydrogens is 297 g/mol. The highest BCUT2D eigenvalue weighted by Gasteiger charge is 2.16. The topological polar surface area (TPSA) is 68.6 Å². The van der Waals surface area contributed by atoms with Crippen LogP contribution in [0.5, 0.6) is 6.01 Å². The Hall–Kier alpha value is -2.96. The summed E-state index contributed by atoms with van der Waals surface area (Å²) in [7, 11) is 0. The number of benzene rings is 1. The largest absolute Gasteiger partial charge is 0.465 e. The molecule has 0 aliphatic rings. The molecule has 7 heteroatoms. The number of rotatable bonds is 3. The van der Waals surface area contributed by atoms with Crippen molar-refractivity contribution in [2.24, 2.45) is 0 Å². The van der Waals surface area contributed by atoms with Gasteiger partial charge in [-0.1, -0.05) is 0 Å². The van der Waals surface area contributed by atoms with Gasteiger partial charge < -0.3 is 4.74 Å². The summed E-state index contributed by atoms with van der Waals surface area (Å²) in [5.74, 6) is -0.534. The normalized spacial score (nSPS) is 11.4. The van der Waals surface area contributed by atoms with Crippen LogP contribution in [0.4, 0.5) is 4.39 Å².